The molecule has 2 aromatic carbocycles. The lowest BCUT2D eigenvalue weighted by Crippen LogP contribution is -1.91. The SMILES string of the molecule is COc1cc(CO)cc(-c2cc(F)ccc2Cl)c1. The zero-order chi connectivity index (χ0) is 13.1. The quantitative estimate of drug-likeness (QED) is 0.919. The first-order chi connectivity index (χ1) is 8.63. The van der Waals surface area contributed by atoms with Crippen LogP contribution in [0.5, 0.6) is 5.75 Å². The van der Waals surface area contributed by atoms with Gasteiger partial charge >= 0.3 is 0 Å². The third-order valence-electron chi connectivity index (χ3n) is 2.62. The number of halogens is 2. The predicted octanol–water partition coefficient (Wildman–Crippen LogP) is 3.65. The highest BCUT2D eigenvalue weighted by Gasteiger charge is 2.08. The number of rotatable bonds is 3. The maximum atomic E-state index is 13.3. The minimum absolute atomic E-state index is 0.114. The molecule has 0 radical (unpaired) electrons. The second kappa shape index (κ2) is 5.38. The molecule has 0 amide bonds. The van der Waals surface area contributed by atoms with Crippen molar-refractivity contribution in [3.63, 3.8) is 0 Å². The minimum atomic E-state index is -0.359. The van der Waals surface area contributed by atoms with Crippen LogP contribution in [0.1, 0.15) is 5.56 Å². The highest BCUT2D eigenvalue weighted by molar-refractivity contribution is 6.33. The van der Waals surface area contributed by atoms with Crippen LogP contribution in [0, 0.1) is 5.82 Å². The highest BCUT2D eigenvalue weighted by Crippen LogP contribution is 2.32. The molecule has 0 saturated heterocycles. The van der Waals surface area contributed by atoms with Gasteiger partial charge in [-0.1, -0.05) is 11.6 Å². The number of hydrogen-bond acceptors (Lipinski definition) is 2. The largest absolute Gasteiger partial charge is 0.497 e. The first-order valence-corrected chi connectivity index (χ1v) is 5.76. The Labute approximate surface area is 110 Å². The molecule has 0 aliphatic rings. The van der Waals surface area contributed by atoms with Crippen molar-refractivity contribution in [1.29, 1.82) is 0 Å². The number of ether oxygens (including phenoxy) is 1. The molecule has 0 aliphatic carbocycles. The molecule has 1 N–H and O–H groups in total. The summed E-state index contributed by atoms with van der Waals surface area (Å²) >= 11 is 6.05. The Kier molecular flexibility index (Phi) is 3.84. The van der Waals surface area contributed by atoms with Gasteiger partial charge in [0.15, 0.2) is 0 Å². The van der Waals surface area contributed by atoms with E-state index in [0.717, 1.165) is 0 Å². The molecule has 0 aromatic heterocycles. The number of methoxy groups -OCH3 is 1. The average Bonchev–Trinajstić information content (AvgIpc) is 2.40. The van der Waals surface area contributed by atoms with Gasteiger partial charge in [0.25, 0.3) is 0 Å². The molecule has 0 unspecified atom stereocenters. The Balaban J connectivity index is 2.58. The van der Waals surface area contributed by atoms with Crippen LogP contribution in [-0.2, 0) is 6.61 Å². The van der Waals surface area contributed by atoms with Crippen LogP contribution in [0.25, 0.3) is 11.1 Å². The van der Waals surface area contributed by atoms with E-state index >= 15 is 0 Å². The molecule has 0 spiro atoms. The molecule has 0 heterocycles. The van der Waals surface area contributed by atoms with Crippen molar-refractivity contribution >= 4 is 11.6 Å². The van der Waals surface area contributed by atoms with E-state index in [2.05, 4.69) is 0 Å². The molecule has 0 bridgehead atoms. The van der Waals surface area contributed by atoms with Gasteiger partial charge < -0.3 is 9.84 Å². The summed E-state index contributed by atoms with van der Waals surface area (Å²) in [5, 5.41) is 9.64. The van der Waals surface area contributed by atoms with Gasteiger partial charge in [0, 0.05) is 10.6 Å². The maximum absolute atomic E-state index is 13.3. The molecule has 2 aromatic rings. The van der Waals surface area contributed by atoms with E-state index < -0.39 is 0 Å². The third-order valence-corrected chi connectivity index (χ3v) is 2.95. The first-order valence-electron chi connectivity index (χ1n) is 5.38. The summed E-state index contributed by atoms with van der Waals surface area (Å²) in [6.45, 7) is -0.114. The summed E-state index contributed by atoms with van der Waals surface area (Å²) in [6.07, 6.45) is 0. The molecule has 0 saturated carbocycles. The van der Waals surface area contributed by atoms with Gasteiger partial charge in [0.05, 0.1) is 13.7 Å². The Morgan fingerprint density at radius 2 is 2.00 bits per heavy atom. The van der Waals surface area contributed by atoms with Crippen LogP contribution in [0.15, 0.2) is 36.4 Å². The Hall–Kier alpha value is -1.58. The van der Waals surface area contributed by atoms with Crippen LogP contribution in [0.3, 0.4) is 0 Å². The standard InChI is InChI=1S/C14H12ClFO2/c1-18-12-5-9(8-17)4-10(6-12)13-7-11(16)2-3-14(13)15/h2-7,17H,8H2,1H3. The Morgan fingerprint density at radius 1 is 1.22 bits per heavy atom. The van der Waals surface area contributed by atoms with Gasteiger partial charge in [-0.15, -0.1) is 0 Å². The lowest BCUT2D eigenvalue weighted by atomic mass is 10.0. The van der Waals surface area contributed by atoms with Gasteiger partial charge in [-0.25, -0.2) is 4.39 Å². The van der Waals surface area contributed by atoms with E-state index in [4.69, 9.17) is 16.3 Å². The van der Waals surface area contributed by atoms with Crippen molar-refractivity contribution in [2.24, 2.45) is 0 Å². The third kappa shape index (κ3) is 2.63. The van der Waals surface area contributed by atoms with Crippen LogP contribution >= 0.6 is 11.6 Å². The monoisotopic (exact) mass is 266 g/mol. The van der Waals surface area contributed by atoms with Crippen molar-refractivity contribution in [2.45, 2.75) is 6.61 Å². The summed E-state index contributed by atoms with van der Waals surface area (Å²) in [7, 11) is 1.54. The fourth-order valence-corrected chi connectivity index (χ4v) is 1.97. The molecule has 94 valence electrons. The van der Waals surface area contributed by atoms with Crippen molar-refractivity contribution in [2.75, 3.05) is 7.11 Å². The van der Waals surface area contributed by atoms with E-state index in [1.807, 2.05) is 0 Å². The molecule has 18 heavy (non-hydrogen) atoms. The molecule has 0 atom stereocenters. The van der Waals surface area contributed by atoms with E-state index in [-0.39, 0.29) is 12.4 Å². The fourth-order valence-electron chi connectivity index (χ4n) is 1.74. The molecule has 2 rings (SSSR count). The fraction of sp³-hybridized carbons (Fsp3) is 0.143. The minimum Gasteiger partial charge on any atom is -0.497 e. The lowest BCUT2D eigenvalue weighted by molar-refractivity contribution is 0.281. The Morgan fingerprint density at radius 3 is 2.67 bits per heavy atom. The van der Waals surface area contributed by atoms with Crippen molar-refractivity contribution in [3.8, 4) is 16.9 Å². The average molecular weight is 267 g/mol. The summed E-state index contributed by atoms with van der Waals surface area (Å²) in [5.74, 6) is 0.236. The molecular formula is C14H12ClFO2. The van der Waals surface area contributed by atoms with E-state index in [9.17, 15) is 9.50 Å². The second-order valence-electron chi connectivity index (χ2n) is 3.85. The molecule has 0 fully saturated rings. The molecular weight excluding hydrogens is 255 g/mol. The van der Waals surface area contributed by atoms with E-state index in [1.54, 1.807) is 18.2 Å². The van der Waals surface area contributed by atoms with Crippen LogP contribution < -0.4 is 4.74 Å². The van der Waals surface area contributed by atoms with E-state index in [0.29, 0.717) is 27.5 Å². The van der Waals surface area contributed by atoms with Gasteiger partial charge in [0.2, 0.25) is 0 Å². The topological polar surface area (TPSA) is 29.5 Å². The molecule has 2 nitrogen and oxygen atoms in total. The summed E-state index contributed by atoms with van der Waals surface area (Å²) in [4.78, 5) is 0. The first kappa shape index (κ1) is 12.9. The van der Waals surface area contributed by atoms with Gasteiger partial charge in [0.1, 0.15) is 11.6 Å². The summed E-state index contributed by atoms with van der Waals surface area (Å²) in [5.41, 5.74) is 1.97. The maximum Gasteiger partial charge on any atom is 0.123 e. The second-order valence-corrected chi connectivity index (χ2v) is 4.26. The zero-order valence-corrected chi connectivity index (χ0v) is 10.5. The number of hydrogen-bond donors (Lipinski definition) is 1. The smallest absolute Gasteiger partial charge is 0.123 e. The van der Waals surface area contributed by atoms with Gasteiger partial charge in [-0.05, 0) is 47.5 Å². The highest BCUT2D eigenvalue weighted by atomic mass is 35.5. The zero-order valence-electron chi connectivity index (χ0n) is 9.78. The van der Waals surface area contributed by atoms with Crippen molar-refractivity contribution in [3.05, 3.63) is 52.8 Å². The van der Waals surface area contributed by atoms with Crippen LogP contribution in [0.2, 0.25) is 5.02 Å². The molecule has 4 heteroatoms. The number of aliphatic hydroxyl groups is 1. The van der Waals surface area contributed by atoms with Gasteiger partial charge in [-0.2, -0.15) is 0 Å². The lowest BCUT2D eigenvalue weighted by Gasteiger charge is -2.09. The van der Waals surface area contributed by atoms with E-state index in [1.165, 1.54) is 25.3 Å². The Bertz CT molecular complexity index is 547. The van der Waals surface area contributed by atoms with Gasteiger partial charge in [-0.3, -0.25) is 0 Å². The summed E-state index contributed by atoms with van der Waals surface area (Å²) < 4.78 is 18.4. The van der Waals surface area contributed by atoms with Crippen molar-refractivity contribution in [1.82, 2.24) is 0 Å². The predicted molar refractivity (Wildman–Crippen MR) is 69.3 cm³/mol. The molecule has 0 aliphatic heterocycles. The summed E-state index contributed by atoms with van der Waals surface area (Å²) in [6, 6.07) is 9.39. The van der Waals surface area contributed by atoms with Crippen molar-refractivity contribution < 1.29 is 14.2 Å². The van der Waals surface area contributed by atoms with Crippen LogP contribution in [-0.4, -0.2) is 12.2 Å². The van der Waals surface area contributed by atoms with Crippen LogP contribution in [0.4, 0.5) is 4.39 Å². The normalized spacial score (nSPS) is 10.4. The number of benzene rings is 2. The number of aliphatic hydroxyl groups excluding tert-OH is 1.